The van der Waals surface area contributed by atoms with Gasteiger partial charge in [-0.2, -0.15) is 5.10 Å². The monoisotopic (exact) mass is 383 g/mol. The summed E-state index contributed by atoms with van der Waals surface area (Å²) in [6.45, 7) is 2.75. The summed E-state index contributed by atoms with van der Waals surface area (Å²) < 4.78 is 7.37. The summed E-state index contributed by atoms with van der Waals surface area (Å²) in [6, 6.07) is 10.3. The van der Waals surface area contributed by atoms with Crippen molar-refractivity contribution in [1.82, 2.24) is 20.0 Å². The third kappa shape index (κ3) is 4.54. The molecule has 7 heteroatoms. The fraction of sp³-hybridized carbons (Fsp3) is 0.524. The van der Waals surface area contributed by atoms with Crippen molar-refractivity contribution in [2.24, 2.45) is 0 Å². The Morgan fingerprint density at radius 3 is 2.82 bits per heavy atom. The third-order valence-electron chi connectivity index (χ3n) is 5.89. The summed E-state index contributed by atoms with van der Waals surface area (Å²) in [6.07, 6.45) is 8.46. The van der Waals surface area contributed by atoms with Gasteiger partial charge in [-0.1, -0.05) is 12.1 Å². The van der Waals surface area contributed by atoms with Gasteiger partial charge in [0, 0.05) is 50.4 Å². The Labute approximate surface area is 166 Å². The van der Waals surface area contributed by atoms with E-state index < -0.39 is 0 Å². The molecule has 2 aliphatic rings. The van der Waals surface area contributed by atoms with Gasteiger partial charge in [-0.05, 0) is 49.4 Å². The van der Waals surface area contributed by atoms with Crippen molar-refractivity contribution in [3.8, 4) is 0 Å². The molecule has 0 bridgehead atoms. The van der Waals surface area contributed by atoms with E-state index >= 15 is 0 Å². The molecule has 3 atom stereocenters. The van der Waals surface area contributed by atoms with Gasteiger partial charge in [0.15, 0.2) is 0 Å². The highest BCUT2D eigenvalue weighted by Crippen LogP contribution is 2.28. The molecule has 1 aliphatic carbocycles. The van der Waals surface area contributed by atoms with Gasteiger partial charge in [-0.15, -0.1) is 0 Å². The topological polar surface area (TPSA) is 71.4 Å². The van der Waals surface area contributed by atoms with Crippen LogP contribution < -0.4 is 10.6 Å². The van der Waals surface area contributed by atoms with E-state index in [9.17, 15) is 4.79 Å². The maximum Gasteiger partial charge on any atom is 0.319 e. The van der Waals surface area contributed by atoms with Gasteiger partial charge in [-0.25, -0.2) is 4.79 Å². The quantitative estimate of drug-likeness (QED) is 0.805. The molecule has 1 saturated carbocycles. The Balaban J connectivity index is 1.29. The fourth-order valence-electron chi connectivity index (χ4n) is 4.40. The van der Waals surface area contributed by atoms with Gasteiger partial charge in [0.25, 0.3) is 0 Å². The molecule has 2 aromatic rings. The molecular formula is C21H29N5O2. The van der Waals surface area contributed by atoms with E-state index in [2.05, 4.69) is 20.6 Å². The van der Waals surface area contributed by atoms with Crippen molar-refractivity contribution in [2.75, 3.05) is 25.5 Å². The zero-order chi connectivity index (χ0) is 19.3. The Bertz CT molecular complexity index is 762. The number of methoxy groups -OCH3 is 1. The molecule has 2 heterocycles. The van der Waals surface area contributed by atoms with Crippen LogP contribution in [0.4, 0.5) is 10.5 Å². The molecule has 1 unspecified atom stereocenters. The molecule has 0 spiro atoms. The van der Waals surface area contributed by atoms with Crippen LogP contribution in [0.2, 0.25) is 0 Å². The van der Waals surface area contributed by atoms with E-state index in [0.717, 1.165) is 56.6 Å². The summed E-state index contributed by atoms with van der Waals surface area (Å²) in [5.41, 5.74) is 1.95. The maximum absolute atomic E-state index is 12.5. The average molecular weight is 383 g/mol. The van der Waals surface area contributed by atoms with Gasteiger partial charge in [-0.3, -0.25) is 9.58 Å². The minimum Gasteiger partial charge on any atom is -0.380 e. The van der Waals surface area contributed by atoms with Crippen LogP contribution in [0.1, 0.15) is 31.2 Å². The first kappa shape index (κ1) is 19.0. The minimum absolute atomic E-state index is 0.126. The lowest BCUT2D eigenvalue weighted by Gasteiger charge is -2.30. The molecule has 4 rings (SSSR count). The number of likely N-dealkylation sites (tertiary alicyclic amines) is 1. The Kier molecular flexibility index (Phi) is 5.92. The molecule has 1 aromatic carbocycles. The summed E-state index contributed by atoms with van der Waals surface area (Å²) >= 11 is 0. The number of ether oxygens (including phenoxy) is 1. The molecule has 150 valence electrons. The summed E-state index contributed by atoms with van der Waals surface area (Å²) in [5.74, 6) is 0. The number of carbonyl (C=O) groups excluding carboxylic acids is 1. The van der Waals surface area contributed by atoms with E-state index in [1.165, 1.54) is 0 Å². The summed E-state index contributed by atoms with van der Waals surface area (Å²) in [7, 11) is 1.78. The standard InChI is InChI=1S/C21H29N5O2/c1-28-18-10-13-25(15-18)20-5-2-4-19(20)24-21(27)23-17-8-6-16(7-9-17)14-26-12-3-11-22-26/h3,6-9,11-12,18-20H,2,4-5,10,13-15H2,1H3,(H2,23,24,27)/t18?,19-,20+/m0/s1. The molecule has 7 nitrogen and oxygen atoms in total. The fourth-order valence-corrected chi connectivity index (χ4v) is 4.40. The van der Waals surface area contributed by atoms with Crippen LogP contribution in [0.5, 0.6) is 0 Å². The zero-order valence-electron chi connectivity index (χ0n) is 16.4. The van der Waals surface area contributed by atoms with Gasteiger partial charge < -0.3 is 15.4 Å². The normalized spacial score (nSPS) is 25.1. The number of carbonyl (C=O) groups is 1. The smallest absolute Gasteiger partial charge is 0.319 e. The molecule has 1 aliphatic heterocycles. The van der Waals surface area contributed by atoms with Gasteiger partial charge in [0.1, 0.15) is 0 Å². The predicted molar refractivity (Wildman–Crippen MR) is 108 cm³/mol. The second-order valence-corrected chi connectivity index (χ2v) is 7.75. The van der Waals surface area contributed by atoms with Crippen molar-refractivity contribution < 1.29 is 9.53 Å². The number of benzene rings is 1. The molecule has 1 aromatic heterocycles. The van der Waals surface area contributed by atoms with Gasteiger partial charge >= 0.3 is 6.03 Å². The van der Waals surface area contributed by atoms with Crippen molar-refractivity contribution in [3.63, 3.8) is 0 Å². The third-order valence-corrected chi connectivity index (χ3v) is 5.89. The van der Waals surface area contributed by atoms with Gasteiger partial charge in [0.05, 0.1) is 12.6 Å². The number of urea groups is 1. The summed E-state index contributed by atoms with van der Waals surface area (Å²) in [4.78, 5) is 15.0. The van der Waals surface area contributed by atoms with Crippen molar-refractivity contribution >= 4 is 11.7 Å². The zero-order valence-corrected chi connectivity index (χ0v) is 16.4. The molecule has 1 saturated heterocycles. The van der Waals surface area contributed by atoms with Crippen LogP contribution in [0.3, 0.4) is 0 Å². The SMILES string of the molecule is COC1CCN([C@@H]2CCC[C@@H]2NC(=O)Nc2ccc(Cn3cccn3)cc2)C1. The molecule has 28 heavy (non-hydrogen) atoms. The Morgan fingerprint density at radius 2 is 2.11 bits per heavy atom. The first-order valence-electron chi connectivity index (χ1n) is 10.1. The number of nitrogens with one attached hydrogen (secondary N) is 2. The minimum atomic E-state index is -0.126. The van der Waals surface area contributed by atoms with Crippen LogP contribution in [-0.2, 0) is 11.3 Å². The molecule has 2 fully saturated rings. The van der Waals surface area contributed by atoms with Crippen molar-refractivity contribution in [1.29, 1.82) is 0 Å². The number of hydrogen-bond acceptors (Lipinski definition) is 4. The second-order valence-electron chi connectivity index (χ2n) is 7.75. The summed E-state index contributed by atoms with van der Waals surface area (Å²) in [5, 5.41) is 10.4. The highest BCUT2D eigenvalue weighted by atomic mass is 16.5. The van der Waals surface area contributed by atoms with E-state index in [1.807, 2.05) is 41.2 Å². The number of nitrogens with zero attached hydrogens (tertiary/aromatic N) is 3. The van der Waals surface area contributed by atoms with E-state index in [4.69, 9.17) is 4.74 Å². The first-order chi connectivity index (χ1) is 13.7. The van der Waals surface area contributed by atoms with Gasteiger partial charge in [0.2, 0.25) is 0 Å². The predicted octanol–water partition coefficient (Wildman–Crippen LogP) is 2.69. The van der Waals surface area contributed by atoms with Crippen molar-refractivity contribution in [3.05, 3.63) is 48.3 Å². The molecule has 0 radical (unpaired) electrons. The number of hydrogen-bond donors (Lipinski definition) is 2. The number of aromatic nitrogens is 2. The average Bonchev–Trinajstić information content (AvgIpc) is 3.44. The van der Waals surface area contributed by atoms with Crippen LogP contribution in [0.15, 0.2) is 42.7 Å². The first-order valence-corrected chi connectivity index (χ1v) is 10.1. The highest BCUT2D eigenvalue weighted by Gasteiger charge is 2.36. The lowest BCUT2D eigenvalue weighted by atomic mass is 10.1. The van der Waals surface area contributed by atoms with E-state index in [0.29, 0.717) is 12.1 Å². The van der Waals surface area contributed by atoms with Crippen LogP contribution in [0.25, 0.3) is 0 Å². The van der Waals surface area contributed by atoms with E-state index in [1.54, 1.807) is 13.3 Å². The Morgan fingerprint density at radius 1 is 1.25 bits per heavy atom. The number of anilines is 1. The van der Waals surface area contributed by atoms with Crippen LogP contribution >= 0.6 is 0 Å². The Hall–Kier alpha value is -2.38. The number of amides is 2. The van der Waals surface area contributed by atoms with Crippen molar-refractivity contribution in [2.45, 2.75) is 50.4 Å². The second kappa shape index (κ2) is 8.75. The highest BCUT2D eigenvalue weighted by molar-refractivity contribution is 5.89. The molecule has 2 amide bonds. The number of rotatable bonds is 6. The van der Waals surface area contributed by atoms with E-state index in [-0.39, 0.29) is 12.1 Å². The van der Waals surface area contributed by atoms with Crippen LogP contribution in [0, 0.1) is 0 Å². The van der Waals surface area contributed by atoms with Crippen LogP contribution in [-0.4, -0.2) is 59.1 Å². The maximum atomic E-state index is 12.5. The lowest BCUT2D eigenvalue weighted by Crippen LogP contribution is -2.49. The molecule has 2 N–H and O–H groups in total. The largest absolute Gasteiger partial charge is 0.380 e. The lowest BCUT2D eigenvalue weighted by molar-refractivity contribution is 0.0985. The molecular weight excluding hydrogens is 354 g/mol.